The predicted octanol–water partition coefficient (Wildman–Crippen LogP) is 1.24. The van der Waals surface area contributed by atoms with Crippen molar-refractivity contribution in [2.24, 2.45) is 0 Å². The lowest BCUT2D eigenvalue weighted by atomic mass is 10.1. The lowest BCUT2D eigenvalue weighted by Crippen LogP contribution is -1.88. The van der Waals surface area contributed by atoms with Crippen molar-refractivity contribution in [3.05, 3.63) is 30.1 Å². The van der Waals surface area contributed by atoms with Crippen molar-refractivity contribution < 1.29 is 9.47 Å². The fourth-order valence-corrected chi connectivity index (χ4v) is 0.874. The molecule has 1 fully saturated rings. The Balaban J connectivity index is 2.30. The minimum absolute atomic E-state index is 0.360. The summed E-state index contributed by atoms with van der Waals surface area (Å²) in [5.74, 6) is 1.69. The van der Waals surface area contributed by atoms with Crippen molar-refractivity contribution in [3.63, 3.8) is 0 Å². The first kappa shape index (κ1) is 4.91. The molecule has 2 rings (SSSR count). The Bertz CT molecular complexity index is 159. The van der Waals surface area contributed by atoms with Crippen LogP contribution >= 0.6 is 0 Å². The molecule has 46 valence electrons. The molecule has 0 N–H and O–H groups in total. The summed E-state index contributed by atoms with van der Waals surface area (Å²) in [5.41, 5.74) is 0. The first-order valence-electron chi connectivity index (χ1n) is 2.86. The maximum absolute atomic E-state index is 5.09. The highest BCUT2D eigenvalue weighted by Gasteiger charge is 2.17. The number of allylic oxidation sites excluding steroid dienone is 2. The van der Waals surface area contributed by atoms with Gasteiger partial charge < -0.3 is 9.47 Å². The summed E-state index contributed by atoms with van der Waals surface area (Å²) in [5, 5.41) is 0. The lowest BCUT2D eigenvalue weighted by Gasteiger charge is -2.00. The third kappa shape index (κ3) is 0.707. The van der Waals surface area contributed by atoms with Gasteiger partial charge in [0.25, 0.3) is 0 Å². The standard InChI is InChI=1S/C7H6O2/c1-2-4-7-6(3-1)8-5-9-7/h3-4H,1,5H2. The zero-order valence-electron chi connectivity index (χ0n) is 4.89. The van der Waals surface area contributed by atoms with Crippen LogP contribution in [-0.2, 0) is 9.47 Å². The summed E-state index contributed by atoms with van der Waals surface area (Å²) in [4.78, 5) is 0. The molecule has 9 heavy (non-hydrogen) atoms. The monoisotopic (exact) mass is 122 g/mol. The summed E-state index contributed by atoms with van der Waals surface area (Å²) in [6, 6.07) is 0. The fraction of sp³-hybridized carbons (Fsp3) is 0.286. The summed E-state index contributed by atoms with van der Waals surface area (Å²) in [6.07, 6.45) is 7.63. The number of hydrogen-bond acceptors (Lipinski definition) is 2. The normalized spacial score (nSPS) is 23.1. The number of hydrogen-bond donors (Lipinski definition) is 0. The number of rotatable bonds is 0. The van der Waals surface area contributed by atoms with Crippen molar-refractivity contribution in [2.45, 2.75) is 6.42 Å². The summed E-state index contributed by atoms with van der Waals surface area (Å²) in [7, 11) is 0. The molecule has 0 unspecified atom stereocenters. The maximum Gasteiger partial charge on any atom is 0.231 e. The average molecular weight is 122 g/mol. The molecule has 0 aromatic heterocycles. The van der Waals surface area contributed by atoms with Crippen LogP contribution in [0.1, 0.15) is 6.42 Å². The molecular weight excluding hydrogens is 116 g/mol. The summed E-state index contributed by atoms with van der Waals surface area (Å²) < 4.78 is 10.2. The molecule has 1 heterocycles. The Kier molecular flexibility index (Phi) is 0.979. The van der Waals surface area contributed by atoms with Crippen LogP contribution in [0.25, 0.3) is 0 Å². The van der Waals surface area contributed by atoms with E-state index in [-0.39, 0.29) is 0 Å². The third-order valence-electron chi connectivity index (χ3n) is 1.31. The fourth-order valence-electron chi connectivity index (χ4n) is 0.874. The second-order valence-corrected chi connectivity index (χ2v) is 1.89. The highest BCUT2D eigenvalue weighted by Crippen LogP contribution is 2.25. The second kappa shape index (κ2) is 1.79. The van der Waals surface area contributed by atoms with Gasteiger partial charge >= 0.3 is 0 Å². The van der Waals surface area contributed by atoms with Crippen molar-refractivity contribution in [2.75, 3.05) is 6.79 Å². The Morgan fingerprint density at radius 3 is 3.11 bits per heavy atom. The minimum atomic E-state index is 0.360. The van der Waals surface area contributed by atoms with E-state index in [4.69, 9.17) is 9.47 Å². The second-order valence-electron chi connectivity index (χ2n) is 1.89. The first-order valence-corrected chi connectivity index (χ1v) is 2.86. The molecule has 0 aromatic carbocycles. The van der Waals surface area contributed by atoms with Crippen molar-refractivity contribution in [3.8, 4) is 0 Å². The van der Waals surface area contributed by atoms with Gasteiger partial charge in [-0.05, 0) is 18.6 Å². The van der Waals surface area contributed by atoms with Crippen LogP contribution in [0, 0.1) is 6.42 Å². The van der Waals surface area contributed by atoms with E-state index in [0.29, 0.717) is 6.79 Å². The van der Waals surface area contributed by atoms with Crippen LogP contribution in [0.5, 0.6) is 0 Å². The van der Waals surface area contributed by atoms with Gasteiger partial charge in [0.15, 0.2) is 11.5 Å². The number of fused-ring (bicyclic) bond motifs is 1. The molecular formula is C7H6O2. The Morgan fingerprint density at radius 1 is 1.33 bits per heavy atom. The van der Waals surface area contributed by atoms with Gasteiger partial charge in [-0.25, -0.2) is 0 Å². The van der Waals surface area contributed by atoms with Gasteiger partial charge in [0.1, 0.15) is 0 Å². The van der Waals surface area contributed by atoms with E-state index in [1.54, 1.807) is 0 Å². The van der Waals surface area contributed by atoms with Crippen LogP contribution < -0.4 is 0 Å². The molecule has 0 saturated carbocycles. The molecule has 2 heteroatoms. The molecule has 2 radical (unpaired) electrons. The lowest BCUT2D eigenvalue weighted by molar-refractivity contribution is 0.0978. The molecule has 1 saturated heterocycles. The van der Waals surface area contributed by atoms with E-state index in [1.165, 1.54) is 0 Å². The van der Waals surface area contributed by atoms with E-state index >= 15 is 0 Å². The largest absolute Gasteiger partial charge is 0.454 e. The molecule has 1 aliphatic heterocycles. The molecule has 2 nitrogen and oxygen atoms in total. The van der Waals surface area contributed by atoms with E-state index in [9.17, 15) is 0 Å². The van der Waals surface area contributed by atoms with Gasteiger partial charge in [0.2, 0.25) is 6.79 Å². The summed E-state index contributed by atoms with van der Waals surface area (Å²) in [6.45, 7) is 0.360. The van der Waals surface area contributed by atoms with Crippen LogP contribution in [0.3, 0.4) is 0 Å². The van der Waals surface area contributed by atoms with Gasteiger partial charge in [-0.1, -0.05) is 0 Å². The smallest absolute Gasteiger partial charge is 0.231 e. The van der Waals surface area contributed by atoms with Crippen molar-refractivity contribution >= 4 is 0 Å². The SMILES string of the molecule is [C]1C=C2OCOC2=CC1. The third-order valence-corrected chi connectivity index (χ3v) is 1.31. The Labute approximate surface area is 53.8 Å². The molecule has 0 atom stereocenters. The topological polar surface area (TPSA) is 18.5 Å². The molecule has 0 spiro atoms. The zero-order chi connectivity index (χ0) is 6.10. The van der Waals surface area contributed by atoms with Gasteiger partial charge in [-0.15, -0.1) is 0 Å². The predicted molar refractivity (Wildman–Crippen MR) is 31.1 cm³/mol. The van der Waals surface area contributed by atoms with E-state index in [2.05, 4.69) is 6.42 Å². The average Bonchev–Trinajstić information content (AvgIpc) is 2.33. The molecule has 0 amide bonds. The van der Waals surface area contributed by atoms with E-state index in [0.717, 1.165) is 17.9 Å². The Hall–Kier alpha value is -0.920. The number of ether oxygens (including phenoxy) is 2. The van der Waals surface area contributed by atoms with Gasteiger partial charge in [0.05, 0.1) is 0 Å². The van der Waals surface area contributed by atoms with Gasteiger partial charge in [-0.3, -0.25) is 0 Å². The summed E-state index contributed by atoms with van der Waals surface area (Å²) >= 11 is 0. The maximum atomic E-state index is 5.09. The zero-order valence-corrected chi connectivity index (χ0v) is 4.89. The molecule has 0 aromatic rings. The molecule has 2 aliphatic rings. The quantitative estimate of drug-likeness (QED) is 0.481. The van der Waals surface area contributed by atoms with E-state index < -0.39 is 0 Å². The highest BCUT2D eigenvalue weighted by molar-refractivity contribution is 5.29. The minimum Gasteiger partial charge on any atom is -0.454 e. The molecule has 0 bridgehead atoms. The molecule has 1 aliphatic carbocycles. The Morgan fingerprint density at radius 2 is 2.22 bits per heavy atom. The van der Waals surface area contributed by atoms with Crippen LogP contribution in [-0.4, -0.2) is 6.79 Å². The van der Waals surface area contributed by atoms with Gasteiger partial charge in [0, 0.05) is 6.42 Å². The van der Waals surface area contributed by atoms with Gasteiger partial charge in [-0.2, -0.15) is 0 Å². The van der Waals surface area contributed by atoms with Crippen LogP contribution in [0.15, 0.2) is 23.7 Å². The van der Waals surface area contributed by atoms with Crippen LogP contribution in [0.4, 0.5) is 0 Å². The first-order chi connectivity index (χ1) is 4.47. The van der Waals surface area contributed by atoms with Crippen molar-refractivity contribution in [1.29, 1.82) is 0 Å². The van der Waals surface area contributed by atoms with Crippen molar-refractivity contribution in [1.82, 2.24) is 0 Å². The highest BCUT2D eigenvalue weighted by atomic mass is 16.7. The van der Waals surface area contributed by atoms with Crippen LogP contribution in [0.2, 0.25) is 0 Å². The van der Waals surface area contributed by atoms with E-state index in [1.807, 2.05) is 12.2 Å².